The SMILES string of the molecule is O=C(CCc1ccccc1)c1cnn(-c2ccccc2)c1. The highest BCUT2D eigenvalue weighted by molar-refractivity contribution is 5.95. The maximum atomic E-state index is 12.2. The summed E-state index contributed by atoms with van der Waals surface area (Å²) in [5, 5.41) is 4.26. The fraction of sp³-hybridized carbons (Fsp3) is 0.111. The molecule has 0 radical (unpaired) electrons. The van der Waals surface area contributed by atoms with Crippen LogP contribution in [-0.4, -0.2) is 15.6 Å². The number of hydrogen-bond acceptors (Lipinski definition) is 2. The highest BCUT2D eigenvalue weighted by Gasteiger charge is 2.09. The van der Waals surface area contributed by atoms with Gasteiger partial charge in [0.25, 0.3) is 0 Å². The number of nitrogens with zero attached hydrogens (tertiary/aromatic N) is 2. The molecule has 21 heavy (non-hydrogen) atoms. The van der Waals surface area contributed by atoms with E-state index in [1.54, 1.807) is 17.1 Å². The molecule has 0 atom stereocenters. The summed E-state index contributed by atoms with van der Waals surface area (Å²) >= 11 is 0. The number of para-hydroxylation sites is 1. The zero-order chi connectivity index (χ0) is 14.5. The molecule has 0 aliphatic heterocycles. The molecule has 1 heterocycles. The Kier molecular flexibility index (Phi) is 3.92. The van der Waals surface area contributed by atoms with Crippen molar-refractivity contribution in [2.75, 3.05) is 0 Å². The first kappa shape index (κ1) is 13.3. The van der Waals surface area contributed by atoms with Crippen LogP contribution in [0.2, 0.25) is 0 Å². The number of Topliss-reactive ketones (excluding diaryl/α,β-unsaturated/α-hetero) is 1. The van der Waals surface area contributed by atoms with Crippen LogP contribution in [0.3, 0.4) is 0 Å². The summed E-state index contributed by atoms with van der Waals surface area (Å²) in [4.78, 5) is 12.2. The fourth-order valence-corrected chi connectivity index (χ4v) is 2.24. The van der Waals surface area contributed by atoms with Crippen molar-refractivity contribution in [1.29, 1.82) is 0 Å². The third-order valence-electron chi connectivity index (χ3n) is 3.41. The maximum absolute atomic E-state index is 12.2. The number of ketones is 1. The number of benzene rings is 2. The molecule has 0 aliphatic rings. The van der Waals surface area contributed by atoms with Gasteiger partial charge in [-0.3, -0.25) is 4.79 Å². The molecule has 2 aromatic carbocycles. The Balaban J connectivity index is 1.67. The van der Waals surface area contributed by atoms with Crippen LogP contribution in [0.5, 0.6) is 0 Å². The van der Waals surface area contributed by atoms with Crippen LogP contribution >= 0.6 is 0 Å². The molecule has 0 aliphatic carbocycles. The Morgan fingerprint density at radius 3 is 2.33 bits per heavy atom. The summed E-state index contributed by atoms with van der Waals surface area (Å²) < 4.78 is 1.73. The number of carbonyl (C=O) groups excluding carboxylic acids is 1. The quantitative estimate of drug-likeness (QED) is 0.666. The highest BCUT2D eigenvalue weighted by atomic mass is 16.1. The van der Waals surface area contributed by atoms with Gasteiger partial charge in [-0.25, -0.2) is 4.68 Å². The van der Waals surface area contributed by atoms with Crippen LogP contribution in [0, 0.1) is 0 Å². The normalized spacial score (nSPS) is 10.5. The van der Waals surface area contributed by atoms with Crippen LogP contribution in [0.1, 0.15) is 22.3 Å². The predicted octanol–water partition coefficient (Wildman–Crippen LogP) is 3.69. The van der Waals surface area contributed by atoms with E-state index in [0.29, 0.717) is 12.0 Å². The predicted molar refractivity (Wildman–Crippen MR) is 82.7 cm³/mol. The molecule has 3 nitrogen and oxygen atoms in total. The Morgan fingerprint density at radius 1 is 0.952 bits per heavy atom. The van der Waals surface area contributed by atoms with E-state index in [9.17, 15) is 4.79 Å². The molecule has 0 fully saturated rings. The number of rotatable bonds is 5. The first-order chi connectivity index (χ1) is 10.3. The third-order valence-corrected chi connectivity index (χ3v) is 3.41. The van der Waals surface area contributed by atoms with Gasteiger partial charge in [-0.05, 0) is 24.1 Å². The molecule has 1 aromatic heterocycles. The summed E-state index contributed by atoms with van der Waals surface area (Å²) in [6.07, 6.45) is 4.70. The van der Waals surface area contributed by atoms with E-state index >= 15 is 0 Å². The summed E-state index contributed by atoms with van der Waals surface area (Å²) in [6, 6.07) is 19.8. The van der Waals surface area contributed by atoms with Gasteiger partial charge in [-0.2, -0.15) is 5.10 Å². The largest absolute Gasteiger partial charge is 0.294 e. The second kappa shape index (κ2) is 6.18. The zero-order valence-electron chi connectivity index (χ0n) is 11.6. The van der Waals surface area contributed by atoms with Gasteiger partial charge in [-0.1, -0.05) is 48.5 Å². The molecule has 3 heteroatoms. The molecule has 0 spiro atoms. The molecule has 0 unspecified atom stereocenters. The lowest BCUT2D eigenvalue weighted by Crippen LogP contribution is -2.00. The first-order valence-electron chi connectivity index (χ1n) is 7.00. The molecular formula is C18H16N2O. The third kappa shape index (κ3) is 3.26. The van der Waals surface area contributed by atoms with E-state index in [4.69, 9.17) is 0 Å². The Hall–Kier alpha value is -2.68. The Labute approximate surface area is 123 Å². The van der Waals surface area contributed by atoms with Crippen molar-refractivity contribution in [2.24, 2.45) is 0 Å². The van der Waals surface area contributed by atoms with Crippen molar-refractivity contribution in [3.05, 3.63) is 84.2 Å². The number of aromatic nitrogens is 2. The lowest BCUT2D eigenvalue weighted by atomic mass is 10.1. The van der Waals surface area contributed by atoms with Gasteiger partial charge in [0.05, 0.1) is 17.4 Å². The topological polar surface area (TPSA) is 34.9 Å². The average molecular weight is 276 g/mol. The van der Waals surface area contributed by atoms with Crippen molar-refractivity contribution in [1.82, 2.24) is 9.78 Å². The molecular weight excluding hydrogens is 260 g/mol. The van der Waals surface area contributed by atoms with Gasteiger partial charge in [0.2, 0.25) is 0 Å². The van der Waals surface area contributed by atoms with Gasteiger partial charge in [0.15, 0.2) is 5.78 Å². The van der Waals surface area contributed by atoms with Crippen LogP contribution in [0.4, 0.5) is 0 Å². The summed E-state index contributed by atoms with van der Waals surface area (Å²) in [6.45, 7) is 0. The van der Waals surface area contributed by atoms with E-state index in [0.717, 1.165) is 12.1 Å². The second-order valence-corrected chi connectivity index (χ2v) is 4.92. The molecule has 0 amide bonds. The fourth-order valence-electron chi connectivity index (χ4n) is 2.24. The molecule has 3 aromatic rings. The number of hydrogen-bond donors (Lipinski definition) is 0. The molecule has 0 bridgehead atoms. The summed E-state index contributed by atoms with van der Waals surface area (Å²) in [7, 11) is 0. The van der Waals surface area contributed by atoms with Crippen molar-refractivity contribution >= 4 is 5.78 Å². The van der Waals surface area contributed by atoms with Crippen molar-refractivity contribution in [3.63, 3.8) is 0 Å². The number of aryl methyl sites for hydroxylation is 1. The van der Waals surface area contributed by atoms with Crippen LogP contribution in [0.25, 0.3) is 5.69 Å². The van der Waals surface area contributed by atoms with Gasteiger partial charge in [0, 0.05) is 12.6 Å². The van der Waals surface area contributed by atoms with Crippen molar-refractivity contribution < 1.29 is 4.79 Å². The average Bonchev–Trinajstić information content (AvgIpc) is 3.04. The molecule has 0 N–H and O–H groups in total. The van der Waals surface area contributed by atoms with Gasteiger partial charge in [-0.15, -0.1) is 0 Å². The van der Waals surface area contributed by atoms with Crippen molar-refractivity contribution in [3.8, 4) is 5.69 Å². The van der Waals surface area contributed by atoms with Gasteiger partial charge >= 0.3 is 0 Å². The van der Waals surface area contributed by atoms with E-state index in [2.05, 4.69) is 5.10 Å². The van der Waals surface area contributed by atoms with Crippen LogP contribution in [-0.2, 0) is 6.42 Å². The summed E-state index contributed by atoms with van der Waals surface area (Å²) in [5.41, 5.74) is 2.80. The van der Waals surface area contributed by atoms with Crippen LogP contribution in [0.15, 0.2) is 73.1 Å². The smallest absolute Gasteiger partial charge is 0.166 e. The summed E-state index contributed by atoms with van der Waals surface area (Å²) in [5.74, 6) is 0.126. The lowest BCUT2D eigenvalue weighted by molar-refractivity contribution is 0.0983. The zero-order valence-corrected chi connectivity index (χ0v) is 11.6. The van der Waals surface area contributed by atoms with E-state index in [1.165, 1.54) is 5.56 Å². The van der Waals surface area contributed by atoms with Crippen molar-refractivity contribution in [2.45, 2.75) is 12.8 Å². The van der Waals surface area contributed by atoms with E-state index in [1.807, 2.05) is 60.7 Å². The minimum Gasteiger partial charge on any atom is -0.294 e. The van der Waals surface area contributed by atoms with E-state index < -0.39 is 0 Å². The van der Waals surface area contributed by atoms with Gasteiger partial charge in [0.1, 0.15) is 0 Å². The lowest BCUT2D eigenvalue weighted by Gasteiger charge is -2.00. The highest BCUT2D eigenvalue weighted by Crippen LogP contribution is 2.11. The molecule has 0 saturated heterocycles. The minimum absolute atomic E-state index is 0.126. The Morgan fingerprint density at radius 2 is 1.62 bits per heavy atom. The molecule has 0 saturated carbocycles. The second-order valence-electron chi connectivity index (χ2n) is 4.92. The molecule has 3 rings (SSSR count). The minimum atomic E-state index is 0.126. The Bertz CT molecular complexity index is 717. The monoisotopic (exact) mass is 276 g/mol. The molecule has 104 valence electrons. The van der Waals surface area contributed by atoms with E-state index in [-0.39, 0.29) is 5.78 Å². The standard InChI is InChI=1S/C18H16N2O/c21-18(12-11-15-7-3-1-4-8-15)16-13-19-20(14-16)17-9-5-2-6-10-17/h1-10,13-14H,11-12H2. The first-order valence-corrected chi connectivity index (χ1v) is 7.00. The van der Waals surface area contributed by atoms with Crippen LogP contribution < -0.4 is 0 Å². The number of carbonyl (C=O) groups is 1. The van der Waals surface area contributed by atoms with Gasteiger partial charge < -0.3 is 0 Å². The maximum Gasteiger partial charge on any atom is 0.166 e.